The monoisotopic (exact) mass is 451 g/mol. The summed E-state index contributed by atoms with van der Waals surface area (Å²) < 4.78 is 5.18. The van der Waals surface area contributed by atoms with Gasteiger partial charge in [-0.3, -0.25) is 4.99 Å². The fourth-order valence-electron chi connectivity index (χ4n) is 3.07. The van der Waals surface area contributed by atoms with Gasteiger partial charge in [-0.2, -0.15) is 0 Å². The van der Waals surface area contributed by atoms with E-state index in [-0.39, 0.29) is 24.0 Å². The lowest BCUT2D eigenvalue weighted by molar-refractivity contribution is 0.414. The third-order valence-electron chi connectivity index (χ3n) is 4.47. The van der Waals surface area contributed by atoms with Crippen molar-refractivity contribution in [1.29, 1.82) is 0 Å². The minimum Gasteiger partial charge on any atom is -0.497 e. The van der Waals surface area contributed by atoms with Crippen molar-refractivity contribution in [2.45, 2.75) is 32.4 Å². The topological polar surface area (TPSA) is 45.7 Å². The fraction of sp³-hybridized carbons (Fsp3) is 0.350. The smallest absolute Gasteiger partial charge is 0.191 e. The third-order valence-corrected chi connectivity index (χ3v) is 4.47. The first-order valence-electron chi connectivity index (χ1n) is 8.46. The van der Waals surface area contributed by atoms with Gasteiger partial charge in [-0.15, -0.1) is 24.0 Å². The highest BCUT2D eigenvalue weighted by atomic mass is 127. The lowest BCUT2D eigenvalue weighted by Crippen LogP contribution is -2.36. The number of aliphatic imine (C=N–C) groups is 1. The Labute approximate surface area is 167 Å². The van der Waals surface area contributed by atoms with Gasteiger partial charge >= 0.3 is 0 Å². The number of hydrogen-bond donors (Lipinski definition) is 2. The lowest BCUT2D eigenvalue weighted by Gasteiger charge is -2.13. The van der Waals surface area contributed by atoms with Gasteiger partial charge in [0.2, 0.25) is 0 Å². The van der Waals surface area contributed by atoms with Crippen LogP contribution in [0.4, 0.5) is 0 Å². The maximum atomic E-state index is 5.18. The average Bonchev–Trinajstić information content (AvgIpc) is 3.10. The minimum atomic E-state index is 0. The molecule has 2 N–H and O–H groups in total. The van der Waals surface area contributed by atoms with Crippen LogP contribution in [-0.2, 0) is 25.9 Å². The summed E-state index contributed by atoms with van der Waals surface area (Å²) in [5, 5.41) is 6.73. The van der Waals surface area contributed by atoms with Crippen LogP contribution in [0.15, 0.2) is 47.5 Å². The molecule has 0 bridgehead atoms. The summed E-state index contributed by atoms with van der Waals surface area (Å²) in [5.74, 6) is 1.68. The summed E-state index contributed by atoms with van der Waals surface area (Å²) >= 11 is 0. The van der Waals surface area contributed by atoms with Crippen molar-refractivity contribution in [2.75, 3.05) is 14.2 Å². The molecule has 3 rings (SSSR count). The molecule has 1 aliphatic rings. The van der Waals surface area contributed by atoms with Gasteiger partial charge in [0.25, 0.3) is 0 Å². The summed E-state index contributed by atoms with van der Waals surface area (Å²) in [6.07, 6.45) is 3.74. The van der Waals surface area contributed by atoms with E-state index in [9.17, 15) is 0 Å². The van der Waals surface area contributed by atoms with Gasteiger partial charge in [0, 0.05) is 20.1 Å². The largest absolute Gasteiger partial charge is 0.497 e. The first-order valence-corrected chi connectivity index (χ1v) is 8.46. The molecule has 2 aromatic rings. The predicted molar refractivity (Wildman–Crippen MR) is 114 cm³/mol. The van der Waals surface area contributed by atoms with Gasteiger partial charge in [0.1, 0.15) is 5.75 Å². The summed E-state index contributed by atoms with van der Waals surface area (Å²) in [6, 6.07) is 14.9. The molecule has 0 atom stereocenters. The van der Waals surface area contributed by atoms with Crippen LogP contribution in [0.25, 0.3) is 0 Å². The molecule has 0 amide bonds. The maximum absolute atomic E-state index is 5.18. The fourth-order valence-corrected chi connectivity index (χ4v) is 3.07. The van der Waals surface area contributed by atoms with E-state index in [0.29, 0.717) is 0 Å². The zero-order chi connectivity index (χ0) is 16.8. The van der Waals surface area contributed by atoms with Crippen molar-refractivity contribution in [2.24, 2.45) is 4.99 Å². The van der Waals surface area contributed by atoms with Gasteiger partial charge in [-0.1, -0.05) is 30.3 Å². The van der Waals surface area contributed by atoms with Gasteiger partial charge in [0.05, 0.1) is 7.11 Å². The minimum absolute atomic E-state index is 0. The van der Waals surface area contributed by atoms with E-state index in [4.69, 9.17) is 4.74 Å². The molecular formula is C20H26IN3O. The molecule has 0 heterocycles. The van der Waals surface area contributed by atoms with Crippen LogP contribution >= 0.6 is 24.0 Å². The third kappa shape index (κ3) is 5.36. The number of nitrogens with zero attached hydrogens (tertiary/aromatic N) is 1. The SMILES string of the molecule is CN=C(NCc1ccc(OC)cc1)NCc1ccc2c(c1)CCC2.I. The van der Waals surface area contributed by atoms with Crippen LogP contribution in [-0.4, -0.2) is 20.1 Å². The van der Waals surface area contributed by atoms with Crippen LogP contribution in [0.5, 0.6) is 5.75 Å². The number of methoxy groups -OCH3 is 1. The standard InChI is InChI=1S/C20H25N3O.HI/c1-21-20(22-13-15-7-10-19(24-2)11-8-15)23-14-16-6-9-17-4-3-5-18(17)12-16;/h6-12H,3-5,13-14H2,1-2H3,(H2,21,22,23);1H. The second-order valence-electron chi connectivity index (χ2n) is 6.08. The molecule has 0 saturated heterocycles. The number of guanidine groups is 1. The number of ether oxygens (including phenoxy) is 1. The van der Waals surface area contributed by atoms with E-state index in [2.05, 4.69) is 46.0 Å². The van der Waals surface area contributed by atoms with E-state index in [1.54, 1.807) is 14.2 Å². The van der Waals surface area contributed by atoms with Gasteiger partial charge in [0.15, 0.2) is 5.96 Å². The normalized spacial score (nSPS) is 13.0. The predicted octanol–water partition coefficient (Wildman–Crippen LogP) is 3.67. The summed E-state index contributed by atoms with van der Waals surface area (Å²) in [7, 11) is 3.48. The zero-order valence-electron chi connectivity index (χ0n) is 14.8. The molecule has 5 heteroatoms. The average molecular weight is 451 g/mol. The number of benzene rings is 2. The number of nitrogens with one attached hydrogen (secondary N) is 2. The summed E-state index contributed by atoms with van der Waals surface area (Å²) in [5.41, 5.74) is 5.52. The Hall–Kier alpha value is -1.76. The molecule has 4 nitrogen and oxygen atoms in total. The molecule has 2 aromatic carbocycles. The van der Waals surface area contributed by atoms with Gasteiger partial charge in [-0.05, 0) is 53.6 Å². The first kappa shape index (κ1) is 19.6. The number of halogens is 1. The molecule has 25 heavy (non-hydrogen) atoms. The van der Waals surface area contributed by atoms with Crippen molar-refractivity contribution >= 4 is 29.9 Å². The van der Waals surface area contributed by atoms with E-state index in [1.165, 1.54) is 41.5 Å². The Bertz CT molecular complexity index is 713. The molecular weight excluding hydrogens is 425 g/mol. The molecule has 1 aliphatic carbocycles. The molecule has 0 saturated carbocycles. The molecule has 0 aliphatic heterocycles. The number of fused-ring (bicyclic) bond motifs is 1. The van der Waals surface area contributed by atoms with Gasteiger partial charge in [-0.25, -0.2) is 0 Å². The molecule has 0 fully saturated rings. The zero-order valence-corrected chi connectivity index (χ0v) is 17.2. The second-order valence-corrected chi connectivity index (χ2v) is 6.08. The van der Waals surface area contributed by atoms with Crippen molar-refractivity contribution in [1.82, 2.24) is 10.6 Å². The quantitative estimate of drug-likeness (QED) is 0.415. The summed E-state index contributed by atoms with van der Waals surface area (Å²) in [4.78, 5) is 4.29. The highest BCUT2D eigenvalue weighted by molar-refractivity contribution is 14.0. The van der Waals surface area contributed by atoms with E-state index >= 15 is 0 Å². The highest BCUT2D eigenvalue weighted by Crippen LogP contribution is 2.22. The highest BCUT2D eigenvalue weighted by Gasteiger charge is 2.10. The maximum Gasteiger partial charge on any atom is 0.191 e. The number of aryl methyl sites for hydroxylation is 2. The molecule has 0 spiro atoms. The van der Waals surface area contributed by atoms with Crippen LogP contribution in [0.2, 0.25) is 0 Å². The van der Waals surface area contributed by atoms with E-state index in [0.717, 1.165) is 24.8 Å². The van der Waals surface area contributed by atoms with Crippen molar-refractivity contribution in [3.05, 3.63) is 64.7 Å². The molecule has 0 unspecified atom stereocenters. The van der Waals surface area contributed by atoms with E-state index in [1.807, 2.05) is 12.1 Å². The number of rotatable bonds is 5. The Balaban J connectivity index is 0.00000225. The Kier molecular flexibility index (Phi) is 7.55. The molecule has 0 aromatic heterocycles. The Morgan fingerprint density at radius 2 is 1.60 bits per heavy atom. The Morgan fingerprint density at radius 3 is 2.28 bits per heavy atom. The molecule has 0 radical (unpaired) electrons. The van der Waals surface area contributed by atoms with Crippen molar-refractivity contribution in [3.8, 4) is 5.75 Å². The number of hydrogen-bond acceptors (Lipinski definition) is 2. The summed E-state index contributed by atoms with van der Waals surface area (Å²) in [6.45, 7) is 1.52. The van der Waals surface area contributed by atoms with Crippen molar-refractivity contribution in [3.63, 3.8) is 0 Å². The first-order chi connectivity index (χ1) is 11.8. The second kappa shape index (κ2) is 9.65. The van der Waals surface area contributed by atoms with E-state index < -0.39 is 0 Å². The van der Waals surface area contributed by atoms with Gasteiger partial charge < -0.3 is 15.4 Å². The molecule has 134 valence electrons. The lowest BCUT2D eigenvalue weighted by atomic mass is 10.1. The van der Waals surface area contributed by atoms with Crippen molar-refractivity contribution < 1.29 is 4.74 Å². The van der Waals surface area contributed by atoms with Crippen LogP contribution in [0.3, 0.4) is 0 Å². The van der Waals surface area contributed by atoms with Crippen LogP contribution in [0.1, 0.15) is 28.7 Å². The Morgan fingerprint density at radius 1 is 0.960 bits per heavy atom. The van der Waals surface area contributed by atoms with Crippen LogP contribution in [0, 0.1) is 0 Å². The van der Waals surface area contributed by atoms with Crippen LogP contribution < -0.4 is 15.4 Å².